The van der Waals surface area contributed by atoms with Crippen LogP contribution in [0.1, 0.15) is 62.3 Å². The van der Waals surface area contributed by atoms with Gasteiger partial charge in [-0.1, -0.05) is 34.6 Å². The largest absolute Gasteiger partial charge is 0.300 e. The molecule has 0 radical (unpaired) electrons. The molecule has 122 valence electrons. The van der Waals surface area contributed by atoms with Gasteiger partial charge in [-0.15, -0.1) is 0 Å². The second kappa shape index (κ2) is 8.38. The minimum Gasteiger partial charge on any atom is -0.300 e. The van der Waals surface area contributed by atoms with Gasteiger partial charge in [-0.3, -0.25) is 0 Å². The molecule has 0 rings (SSSR count). The molecule has 2 heteroatoms. The molecule has 2 unspecified atom stereocenters. The third-order valence-electron chi connectivity index (χ3n) is 5.01. The Bertz CT molecular complexity index is 232. The van der Waals surface area contributed by atoms with Crippen molar-refractivity contribution < 1.29 is 0 Å². The summed E-state index contributed by atoms with van der Waals surface area (Å²) in [5, 5.41) is 0. The van der Waals surface area contributed by atoms with E-state index in [2.05, 4.69) is 86.2 Å². The van der Waals surface area contributed by atoms with Crippen molar-refractivity contribution in [2.45, 2.75) is 86.5 Å². The van der Waals surface area contributed by atoms with Crippen LogP contribution in [-0.2, 0) is 0 Å². The summed E-state index contributed by atoms with van der Waals surface area (Å²) in [6.45, 7) is 21.1. The van der Waals surface area contributed by atoms with Crippen LogP contribution in [0.4, 0.5) is 0 Å². The average molecular weight is 285 g/mol. The van der Waals surface area contributed by atoms with Crippen molar-refractivity contribution >= 4 is 0 Å². The summed E-state index contributed by atoms with van der Waals surface area (Å²) in [4.78, 5) is 5.14. The van der Waals surface area contributed by atoms with E-state index in [9.17, 15) is 0 Å². The van der Waals surface area contributed by atoms with Crippen molar-refractivity contribution in [2.24, 2.45) is 17.8 Å². The molecule has 2 atom stereocenters. The highest BCUT2D eigenvalue weighted by Gasteiger charge is 2.35. The van der Waals surface area contributed by atoms with Gasteiger partial charge in [0.25, 0.3) is 0 Å². The molecule has 0 N–H and O–H groups in total. The summed E-state index contributed by atoms with van der Waals surface area (Å²) in [6.07, 6.45) is 0. The second-order valence-corrected chi connectivity index (χ2v) is 7.85. The van der Waals surface area contributed by atoms with Gasteiger partial charge in [0.2, 0.25) is 0 Å². The Morgan fingerprint density at radius 3 is 0.900 bits per heavy atom. The van der Waals surface area contributed by atoms with Gasteiger partial charge in [0.1, 0.15) is 0 Å². The SMILES string of the molecule is CC(C)C(C(C)C(C(C)C)N(C)C(C)C)N(C)C(C)C. The van der Waals surface area contributed by atoms with E-state index in [4.69, 9.17) is 0 Å². The molecule has 0 spiro atoms. The molecule has 0 aliphatic carbocycles. The van der Waals surface area contributed by atoms with E-state index in [1.165, 1.54) is 0 Å². The van der Waals surface area contributed by atoms with Crippen LogP contribution < -0.4 is 0 Å². The second-order valence-electron chi connectivity index (χ2n) is 7.85. The molecule has 20 heavy (non-hydrogen) atoms. The molecule has 0 amide bonds. The highest BCUT2D eigenvalue weighted by Crippen LogP contribution is 2.29. The zero-order valence-corrected chi connectivity index (χ0v) is 15.9. The molecule has 0 fully saturated rings. The zero-order chi connectivity index (χ0) is 16.2. The Hall–Kier alpha value is -0.0800. The van der Waals surface area contributed by atoms with Crippen LogP contribution in [0.2, 0.25) is 0 Å². The Kier molecular flexibility index (Phi) is 8.35. The van der Waals surface area contributed by atoms with Crippen LogP contribution in [0.15, 0.2) is 0 Å². The fraction of sp³-hybridized carbons (Fsp3) is 1.00. The van der Waals surface area contributed by atoms with Crippen LogP contribution >= 0.6 is 0 Å². The van der Waals surface area contributed by atoms with Crippen molar-refractivity contribution in [2.75, 3.05) is 14.1 Å². The minimum absolute atomic E-state index is 0.599. The molecule has 0 saturated heterocycles. The van der Waals surface area contributed by atoms with E-state index < -0.39 is 0 Å². The highest BCUT2D eigenvalue weighted by molar-refractivity contribution is 4.90. The quantitative estimate of drug-likeness (QED) is 0.654. The molecule has 0 heterocycles. The Morgan fingerprint density at radius 1 is 0.500 bits per heavy atom. The van der Waals surface area contributed by atoms with E-state index in [1.54, 1.807) is 0 Å². The lowest BCUT2D eigenvalue weighted by molar-refractivity contribution is 0.0257. The smallest absolute Gasteiger partial charge is 0.0158 e. The minimum atomic E-state index is 0.599. The van der Waals surface area contributed by atoms with Crippen molar-refractivity contribution in [3.8, 4) is 0 Å². The van der Waals surface area contributed by atoms with Crippen molar-refractivity contribution in [3.63, 3.8) is 0 Å². The zero-order valence-electron chi connectivity index (χ0n) is 15.9. The van der Waals surface area contributed by atoms with E-state index in [0.717, 1.165) is 0 Å². The molecule has 0 aromatic rings. The maximum absolute atomic E-state index is 2.57. The first-order chi connectivity index (χ1) is 9.02. The number of hydrogen-bond donors (Lipinski definition) is 0. The van der Waals surface area contributed by atoms with Crippen molar-refractivity contribution in [1.82, 2.24) is 9.80 Å². The third-order valence-corrected chi connectivity index (χ3v) is 5.01. The lowest BCUT2D eigenvalue weighted by atomic mass is 9.79. The average Bonchev–Trinajstić information content (AvgIpc) is 2.27. The standard InChI is InChI=1S/C18H40N2/c1-12(2)17(19(10)14(5)6)16(9)18(13(3)4)20(11)15(7)8/h12-18H,1-11H3. The predicted octanol–water partition coefficient (Wildman–Crippen LogP) is 4.35. The van der Waals surface area contributed by atoms with Gasteiger partial charge >= 0.3 is 0 Å². The lowest BCUT2D eigenvalue weighted by Gasteiger charge is -2.46. The Balaban J connectivity index is 5.32. The van der Waals surface area contributed by atoms with E-state index in [-0.39, 0.29) is 0 Å². The fourth-order valence-corrected chi connectivity index (χ4v) is 3.79. The van der Waals surface area contributed by atoms with Gasteiger partial charge in [-0.05, 0) is 59.5 Å². The summed E-state index contributed by atoms with van der Waals surface area (Å²) in [7, 11) is 4.58. The predicted molar refractivity (Wildman–Crippen MR) is 92.2 cm³/mol. The van der Waals surface area contributed by atoms with Crippen LogP contribution in [0.5, 0.6) is 0 Å². The summed E-state index contributed by atoms with van der Waals surface area (Å²) >= 11 is 0. The van der Waals surface area contributed by atoms with Gasteiger partial charge < -0.3 is 9.80 Å². The molecule has 0 aliphatic rings. The number of rotatable bonds is 8. The summed E-state index contributed by atoms with van der Waals surface area (Å²) in [6, 6.07) is 2.45. The van der Waals surface area contributed by atoms with Gasteiger partial charge in [0.05, 0.1) is 0 Å². The molecule has 2 nitrogen and oxygen atoms in total. The number of hydrogen-bond acceptors (Lipinski definition) is 2. The highest BCUT2D eigenvalue weighted by atomic mass is 15.2. The molecular weight excluding hydrogens is 244 g/mol. The maximum atomic E-state index is 2.57. The van der Waals surface area contributed by atoms with Crippen LogP contribution in [-0.4, -0.2) is 48.1 Å². The van der Waals surface area contributed by atoms with Crippen LogP contribution in [0, 0.1) is 17.8 Å². The number of nitrogens with zero attached hydrogens (tertiary/aromatic N) is 2. The first kappa shape index (κ1) is 19.9. The van der Waals surface area contributed by atoms with Crippen molar-refractivity contribution in [3.05, 3.63) is 0 Å². The van der Waals surface area contributed by atoms with Crippen LogP contribution in [0.3, 0.4) is 0 Å². The van der Waals surface area contributed by atoms with E-state index in [0.29, 0.717) is 41.9 Å². The van der Waals surface area contributed by atoms with Crippen LogP contribution in [0.25, 0.3) is 0 Å². The molecular formula is C18H40N2. The topological polar surface area (TPSA) is 6.48 Å². The molecule has 0 bridgehead atoms. The fourth-order valence-electron chi connectivity index (χ4n) is 3.79. The summed E-state index contributed by atoms with van der Waals surface area (Å²) in [5.74, 6) is 2.02. The Morgan fingerprint density at radius 2 is 0.750 bits per heavy atom. The van der Waals surface area contributed by atoms with Gasteiger partial charge in [-0.25, -0.2) is 0 Å². The lowest BCUT2D eigenvalue weighted by Crippen LogP contribution is -2.54. The maximum Gasteiger partial charge on any atom is 0.0158 e. The summed E-state index contributed by atoms with van der Waals surface area (Å²) in [5.41, 5.74) is 0. The third kappa shape index (κ3) is 5.04. The monoisotopic (exact) mass is 284 g/mol. The van der Waals surface area contributed by atoms with Gasteiger partial charge in [0, 0.05) is 24.2 Å². The first-order valence-corrected chi connectivity index (χ1v) is 8.46. The summed E-state index contributed by atoms with van der Waals surface area (Å²) < 4.78 is 0. The van der Waals surface area contributed by atoms with E-state index >= 15 is 0 Å². The molecule has 0 saturated carbocycles. The van der Waals surface area contributed by atoms with Crippen molar-refractivity contribution in [1.29, 1.82) is 0 Å². The molecule has 0 aliphatic heterocycles. The van der Waals surface area contributed by atoms with Gasteiger partial charge in [-0.2, -0.15) is 0 Å². The van der Waals surface area contributed by atoms with Gasteiger partial charge in [0.15, 0.2) is 0 Å². The normalized spacial score (nSPS) is 17.9. The molecule has 0 aromatic carbocycles. The Labute approximate surface area is 128 Å². The van der Waals surface area contributed by atoms with E-state index in [1.807, 2.05) is 0 Å². The first-order valence-electron chi connectivity index (χ1n) is 8.46. The molecule has 0 aromatic heterocycles.